The number of hydrogen-bond donors (Lipinski definition) is 1. The Morgan fingerprint density at radius 1 is 1.15 bits per heavy atom. The van der Waals surface area contributed by atoms with Gasteiger partial charge in [-0.15, -0.1) is 0 Å². The predicted molar refractivity (Wildman–Crippen MR) is 96.7 cm³/mol. The number of rotatable bonds is 4. The zero-order valence-corrected chi connectivity index (χ0v) is 14.5. The number of aromatic nitrogens is 2. The Morgan fingerprint density at radius 3 is 2.85 bits per heavy atom. The number of carbonyl (C=O) groups is 2. The van der Waals surface area contributed by atoms with E-state index >= 15 is 0 Å². The normalized spacial score (nSPS) is 16.4. The average molecular weight is 366 g/mol. The number of hydrogen-bond acceptors (Lipinski definition) is 6. The molecule has 8 nitrogen and oxygen atoms in total. The Morgan fingerprint density at radius 2 is 2.00 bits per heavy atom. The van der Waals surface area contributed by atoms with Crippen molar-refractivity contribution in [3.05, 3.63) is 54.1 Å². The van der Waals surface area contributed by atoms with Crippen molar-refractivity contribution < 1.29 is 19.0 Å². The lowest BCUT2D eigenvalue weighted by Gasteiger charge is -2.16. The molecule has 0 saturated carbocycles. The highest BCUT2D eigenvalue weighted by atomic mass is 16.6. The van der Waals surface area contributed by atoms with E-state index in [1.165, 1.54) is 0 Å². The van der Waals surface area contributed by atoms with Crippen LogP contribution in [0.2, 0.25) is 0 Å². The molecule has 1 N–H and O–H groups in total. The fraction of sp³-hybridized carbons (Fsp3) is 0.263. The minimum Gasteiger partial charge on any atom is -0.445 e. The van der Waals surface area contributed by atoms with Gasteiger partial charge in [0, 0.05) is 13.1 Å². The van der Waals surface area contributed by atoms with Crippen LogP contribution in [0, 0.1) is 5.92 Å². The zero-order chi connectivity index (χ0) is 18.6. The molecule has 2 amide bonds. The summed E-state index contributed by atoms with van der Waals surface area (Å²) in [5, 5.41) is 10.4. The number of carbonyl (C=O) groups excluding carboxylic acids is 2. The average Bonchev–Trinajstić information content (AvgIpc) is 3.37. The van der Waals surface area contributed by atoms with E-state index in [2.05, 4.69) is 15.6 Å². The molecule has 3 aromatic rings. The van der Waals surface area contributed by atoms with Crippen LogP contribution < -0.4 is 5.32 Å². The van der Waals surface area contributed by atoms with Gasteiger partial charge in [0.15, 0.2) is 5.52 Å². The molecule has 0 aliphatic carbocycles. The van der Waals surface area contributed by atoms with Crippen LogP contribution in [0.25, 0.3) is 11.0 Å². The van der Waals surface area contributed by atoms with Gasteiger partial charge in [0.2, 0.25) is 5.91 Å². The minimum atomic E-state index is -0.406. The largest absolute Gasteiger partial charge is 0.445 e. The Labute approximate surface area is 155 Å². The van der Waals surface area contributed by atoms with Crippen molar-refractivity contribution in [2.24, 2.45) is 5.92 Å². The van der Waals surface area contributed by atoms with Crippen LogP contribution in [0.5, 0.6) is 0 Å². The molecule has 0 spiro atoms. The molecule has 8 heteroatoms. The highest BCUT2D eigenvalue weighted by Gasteiger charge is 2.32. The summed E-state index contributed by atoms with van der Waals surface area (Å²) in [4.78, 5) is 26.3. The van der Waals surface area contributed by atoms with E-state index in [0.29, 0.717) is 36.2 Å². The molecular formula is C19H18N4O4. The maximum atomic E-state index is 12.6. The van der Waals surface area contributed by atoms with Crippen molar-refractivity contribution in [3.8, 4) is 0 Å². The first kappa shape index (κ1) is 17.0. The molecule has 4 rings (SSSR count). The van der Waals surface area contributed by atoms with Crippen LogP contribution in [0.1, 0.15) is 12.0 Å². The van der Waals surface area contributed by atoms with Gasteiger partial charge in [-0.2, -0.15) is 0 Å². The molecular weight excluding hydrogens is 348 g/mol. The first-order valence-electron chi connectivity index (χ1n) is 8.68. The van der Waals surface area contributed by atoms with E-state index < -0.39 is 6.09 Å². The second-order valence-electron chi connectivity index (χ2n) is 6.40. The molecule has 138 valence electrons. The maximum absolute atomic E-state index is 12.6. The zero-order valence-electron chi connectivity index (χ0n) is 14.5. The number of nitrogens with one attached hydrogen (secondary N) is 1. The molecule has 1 fully saturated rings. The third-order valence-electron chi connectivity index (χ3n) is 4.57. The van der Waals surface area contributed by atoms with Crippen molar-refractivity contribution in [3.63, 3.8) is 0 Å². The number of amides is 2. The third-order valence-corrected chi connectivity index (χ3v) is 4.57. The van der Waals surface area contributed by atoms with Gasteiger partial charge < -0.3 is 15.0 Å². The second kappa shape index (κ2) is 7.45. The Kier molecular flexibility index (Phi) is 4.69. The van der Waals surface area contributed by atoms with Gasteiger partial charge in [-0.1, -0.05) is 36.4 Å². The Bertz CT molecular complexity index is 957. The van der Waals surface area contributed by atoms with E-state index in [4.69, 9.17) is 9.37 Å². The van der Waals surface area contributed by atoms with E-state index in [9.17, 15) is 9.59 Å². The number of fused-ring (bicyclic) bond motifs is 1. The number of likely N-dealkylation sites (tertiary alicyclic amines) is 1. The molecule has 1 atom stereocenters. The summed E-state index contributed by atoms with van der Waals surface area (Å²) in [5.74, 6) is -0.465. The number of benzene rings is 2. The fourth-order valence-corrected chi connectivity index (χ4v) is 3.09. The SMILES string of the molecule is O=C(Nc1cccc2nonc12)C1CCN(C(=O)OCc2ccccc2)C1. The summed E-state index contributed by atoms with van der Waals surface area (Å²) in [5.41, 5.74) is 2.55. The summed E-state index contributed by atoms with van der Waals surface area (Å²) in [7, 11) is 0. The lowest BCUT2D eigenvalue weighted by Crippen LogP contribution is -2.31. The molecule has 1 aromatic heterocycles. The lowest BCUT2D eigenvalue weighted by atomic mass is 10.1. The Hall–Kier alpha value is -3.42. The Balaban J connectivity index is 1.33. The van der Waals surface area contributed by atoms with Crippen LogP contribution in [0.15, 0.2) is 53.2 Å². The van der Waals surface area contributed by atoms with Gasteiger partial charge in [0.25, 0.3) is 0 Å². The van der Waals surface area contributed by atoms with Crippen LogP contribution >= 0.6 is 0 Å². The summed E-state index contributed by atoms with van der Waals surface area (Å²) in [6.45, 7) is 1.03. The molecule has 2 aromatic carbocycles. The van der Waals surface area contributed by atoms with Crippen molar-refractivity contribution in [2.45, 2.75) is 13.0 Å². The molecule has 1 aliphatic heterocycles. The highest BCUT2D eigenvalue weighted by molar-refractivity contribution is 6.00. The first-order valence-corrected chi connectivity index (χ1v) is 8.68. The number of ether oxygens (including phenoxy) is 1. The fourth-order valence-electron chi connectivity index (χ4n) is 3.09. The number of nitrogens with zero attached hydrogens (tertiary/aromatic N) is 3. The third kappa shape index (κ3) is 3.74. The summed E-state index contributed by atoms with van der Waals surface area (Å²) in [6, 6.07) is 14.7. The molecule has 1 saturated heterocycles. The smallest absolute Gasteiger partial charge is 0.410 e. The number of anilines is 1. The summed E-state index contributed by atoms with van der Waals surface area (Å²) in [6.07, 6.45) is 0.177. The van der Waals surface area contributed by atoms with Crippen LogP contribution in [0.3, 0.4) is 0 Å². The van der Waals surface area contributed by atoms with E-state index in [0.717, 1.165) is 5.56 Å². The van der Waals surface area contributed by atoms with Crippen LogP contribution in [0.4, 0.5) is 10.5 Å². The van der Waals surface area contributed by atoms with E-state index in [-0.39, 0.29) is 18.4 Å². The second-order valence-corrected chi connectivity index (χ2v) is 6.40. The topological polar surface area (TPSA) is 97.6 Å². The molecule has 0 radical (unpaired) electrons. The molecule has 27 heavy (non-hydrogen) atoms. The standard InChI is InChI=1S/C19H18N4O4/c24-18(20-15-7-4-8-16-17(15)22-27-21-16)14-9-10-23(11-14)19(25)26-12-13-5-2-1-3-6-13/h1-8,14H,9-12H2,(H,20,24). The van der Waals surface area contributed by atoms with E-state index in [1.54, 1.807) is 23.1 Å². The van der Waals surface area contributed by atoms with Crippen LogP contribution in [-0.4, -0.2) is 40.3 Å². The van der Waals surface area contributed by atoms with Crippen molar-refractivity contribution in [1.29, 1.82) is 0 Å². The predicted octanol–water partition coefficient (Wildman–Crippen LogP) is 2.82. The van der Waals surface area contributed by atoms with Gasteiger partial charge in [-0.05, 0) is 34.4 Å². The molecule has 0 bridgehead atoms. The molecule has 2 heterocycles. The van der Waals surface area contributed by atoms with Crippen LogP contribution in [-0.2, 0) is 16.1 Å². The minimum absolute atomic E-state index is 0.163. The highest BCUT2D eigenvalue weighted by Crippen LogP contribution is 2.23. The van der Waals surface area contributed by atoms with Gasteiger partial charge in [-0.3, -0.25) is 4.79 Å². The van der Waals surface area contributed by atoms with Crippen molar-refractivity contribution >= 4 is 28.7 Å². The molecule has 1 aliphatic rings. The summed E-state index contributed by atoms with van der Waals surface area (Å²) < 4.78 is 10.0. The van der Waals surface area contributed by atoms with Crippen molar-refractivity contribution in [2.75, 3.05) is 18.4 Å². The molecule has 1 unspecified atom stereocenters. The monoisotopic (exact) mass is 366 g/mol. The van der Waals surface area contributed by atoms with Crippen molar-refractivity contribution in [1.82, 2.24) is 15.2 Å². The lowest BCUT2D eigenvalue weighted by molar-refractivity contribution is -0.119. The maximum Gasteiger partial charge on any atom is 0.410 e. The van der Waals surface area contributed by atoms with Gasteiger partial charge >= 0.3 is 6.09 Å². The van der Waals surface area contributed by atoms with Gasteiger partial charge in [0.1, 0.15) is 12.1 Å². The van der Waals surface area contributed by atoms with E-state index in [1.807, 2.05) is 30.3 Å². The summed E-state index contributed by atoms with van der Waals surface area (Å²) >= 11 is 0. The van der Waals surface area contributed by atoms with Gasteiger partial charge in [-0.25, -0.2) is 9.42 Å². The quantitative estimate of drug-likeness (QED) is 0.762. The van der Waals surface area contributed by atoms with Gasteiger partial charge in [0.05, 0.1) is 11.6 Å². The first-order chi connectivity index (χ1) is 13.2.